The molecule has 0 fully saturated rings. The predicted octanol–water partition coefficient (Wildman–Crippen LogP) is 15.2. The monoisotopic (exact) mass is 803 g/mol. The van der Waals surface area contributed by atoms with Crippen LogP contribution >= 0.6 is 0 Å². The van der Waals surface area contributed by atoms with Gasteiger partial charge in [0.25, 0.3) is 0 Å². The highest BCUT2D eigenvalue weighted by molar-refractivity contribution is 5.99. The molecule has 0 aliphatic carbocycles. The molecule has 0 unspecified atom stereocenters. The first-order chi connectivity index (χ1) is 31.9. The highest BCUT2D eigenvalue weighted by Crippen LogP contribution is 2.43. The molecular formula is C58H45N3O. The van der Waals surface area contributed by atoms with Crippen LogP contribution in [0.15, 0.2) is 206 Å². The van der Waals surface area contributed by atoms with Gasteiger partial charge in [-0.05, 0) is 129 Å². The van der Waals surface area contributed by atoms with Crippen molar-refractivity contribution < 1.29 is 10.6 Å². The number of imidazole rings is 1. The third-order valence-electron chi connectivity index (χ3n) is 11.6. The van der Waals surface area contributed by atoms with Crippen molar-refractivity contribution in [1.29, 1.82) is 0 Å². The van der Waals surface area contributed by atoms with Crippen molar-refractivity contribution >= 4 is 11.0 Å². The van der Waals surface area contributed by atoms with Crippen LogP contribution in [0.25, 0.3) is 95.0 Å². The molecule has 1 N–H and O–H groups in total. The van der Waals surface area contributed by atoms with Crippen LogP contribution in [0, 0.1) is 6.85 Å². The van der Waals surface area contributed by atoms with Crippen LogP contribution in [0.5, 0.6) is 5.75 Å². The topological polar surface area (TPSA) is 50.9 Å². The third kappa shape index (κ3) is 7.26. The number of para-hydroxylation sites is 2. The molecule has 4 heteroatoms. The second-order valence-corrected chi connectivity index (χ2v) is 15.8. The van der Waals surface area contributed by atoms with E-state index in [1.165, 1.54) is 0 Å². The zero-order valence-electron chi connectivity index (χ0n) is 38.4. The summed E-state index contributed by atoms with van der Waals surface area (Å²) in [6.07, 6.45) is 1.84. The second-order valence-electron chi connectivity index (χ2n) is 15.8. The summed E-state index contributed by atoms with van der Waals surface area (Å²) in [5.41, 5.74) is 14.4. The summed E-state index contributed by atoms with van der Waals surface area (Å²) in [4.78, 5) is 10.4. The van der Waals surface area contributed by atoms with Crippen LogP contribution in [0.2, 0.25) is 0 Å². The lowest BCUT2D eigenvalue weighted by Crippen LogP contribution is -2.02. The van der Waals surface area contributed by atoms with E-state index in [-0.39, 0.29) is 11.3 Å². The largest absolute Gasteiger partial charge is 0.507 e. The summed E-state index contributed by atoms with van der Waals surface area (Å²) >= 11 is 0. The van der Waals surface area contributed by atoms with Crippen molar-refractivity contribution in [3.63, 3.8) is 0 Å². The van der Waals surface area contributed by atoms with Gasteiger partial charge in [0.2, 0.25) is 0 Å². The Kier molecular flexibility index (Phi) is 8.94. The molecule has 0 saturated carbocycles. The molecule has 10 aromatic rings. The molecule has 10 rings (SSSR count). The molecule has 8 aromatic carbocycles. The Bertz CT molecular complexity index is 3380. The van der Waals surface area contributed by atoms with E-state index in [4.69, 9.17) is 15.5 Å². The number of hydrogen-bond acceptors (Lipinski definition) is 3. The van der Waals surface area contributed by atoms with Crippen LogP contribution in [-0.4, -0.2) is 19.6 Å². The number of rotatable bonds is 9. The number of pyridine rings is 1. The minimum Gasteiger partial charge on any atom is -0.507 e. The minimum absolute atomic E-state index is 0.0663. The molecule has 0 radical (unpaired) electrons. The summed E-state index contributed by atoms with van der Waals surface area (Å²) in [6, 6.07) is 65.6. The van der Waals surface area contributed by atoms with Gasteiger partial charge < -0.3 is 5.11 Å². The summed E-state index contributed by atoms with van der Waals surface area (Å²) in [5.74, 6) is -0.129. The molecule has 0 amide bonds. The Hall–Kier alpha value is -7.82. The smallest absolute Gasteiger partial charge is 0.149 e. The lowest BCUT2D eigenvalue weighted by atomic mass is 9.93. The Morgan fingerprint density at radius 2 is 1.11 bits per heavy atom. The molecular weight excluding hydrogens is 755 g/mol. The van der Waals surface area contributed by atoms with Crippen molar-refractivity contribution in [2.24, 2.45) is 0 Å². The van der Waals surface area contributed by atoms with Gasteiger partial charge in [-0.25, -0.2) is 4.98 Å². The first kappa shape index (κ1) is 34.0. The highest BCUT2D eigenvalue weighted by Gasteiger charge is 2.23. The molecule has 0 aliphatic heterocycles. The molecule has 2 heterocycles. The molecule has 2 aromatic heterocycles. The second kappa shape index (κ2) is 16.3. The van der Waals surface area contributed by atoms with E-state index in [0.29, 0.717) is 33.7 Å². The number of phenols is 1. The molecule has 0 aliphatic rings. The maximum atomic E-state index is 11.6. The summed E-state index contributed by atoms with van der Waals surface area (Å²) in [6.45, 7) is 1.37. The first-order valence-corrected chi connectivity index (χ1v) is 20.8. The van der Waals surface area contributed by atoms with Crippen molar-refractivity contribution in [3.8, 4) is 89.7 Å². The van der Waals surface area contributed by atoms with Gasteiger partial charge in [-0.1, -0.05) is 153 Å². The van der Waals surface area contributed by atoms with Crippen LogP contribution < -0.4 is 0 Å². The number of benzene rings is 8. The molecule has 0 bridgehead atoms. The van der Waals surface area contributed by atoms with Gasteiger partial charge in [0.1, 0.15) is 11.6 Å². The van der Waals surface area contributed by atoms with Crippen molar-refractivity contribution in [2.75, 3.05) is 0 Å². The van der Waals surface area contributed by atoms with Gasteiger partial charge in [-0.3, -0.25) is 9.55 Å². The maximum Gasteiger partial charge on any atom is 0.149 e. The number of phenolic OH excluding ortho intramolecular Hbond substituents is 1. The normalized spacial score (nSPS) is 12.7. The highest BCUT2D eigenvalue weighted by atomic mass is 16.3. The van der Waals surface area contributed by atoms with Crippen LogP contribution in [0.4, 0.5) is 0 Å². The average Bonchev–Trinajstić information content (AvgIpc) is 3.73. The molecule has 0 spiro atoms. The lowest BCUT2D eigenvalue weighted by molar-refractivity contribution is 0.477. The molecule has 298 valence electrons. The fourth-order valence-corrected chi connectivity index (χ4v) is 8.39. The Morgan fingerprint density at radius 1 is 0.500 bits per heavy atom. The van der Waals surface area contributed by atoms with E-state index >= 15 is 0 Å². The lowest BCUT2D eigenvalue weighted by Gasteiger charge is -2.19. The van der Waals surface area contributed by atoms with E-state index < -0.39 is 12.7 Å². The molecule has 4 nitrogen and oxygen atoms in total. The standard InChI is InChI=1S/C58H45N3O/c1-38(2)40-26-28-42(29-27-40)45-30-31-59-53(36-45)48-34-46(41-16-7-4-8-17-41)33-47(35-48)49-23-15-24-54-57(49)60-58(50-22-13-14-25-56(50)62)61(54)55-37-51(43-18-9-5-10-19-43)39(3)32-52(55)44-20-11-6-12-21-44/h4-38,62H,1-3H3/i3D3,38D. The van der Waals surface area contributed by atoms with Gasteiger partial charge in [-0.15, -0.1) is 0 Å². The zero-order valence-corrected chi connectivity index (χ0v) is 34.4. The molecule has 0 atom stereocenters. The van der Waals surface area contributed by atoms with Gasteiger partial charge in [0, 0.05) is 28.4 Å². The number of hydrogen-bond donors (Lipinski definition) is 1. The SMILES string of the molecule is [2H]C([2H])([2H])c1cc(-c2ccccc2)c(-n2c(-c3ccccc3O)nc3c(-c4cc(-c5ccccc5)cc(-c5cc(-c6ccc(C([2H])(C)C)cc6)ccn5)c4)cccc32)cc1-c1ccccc1. The van der Waals surface area contributed by atoms with E-state index in [0.717, 1.165) is 66.8 Å². The summed E-state index contributed by atoms with van der Waals surface area (Å²) < 4.78 is 36.8. The first-order valence-electron chi connectivity index (χ1n) is 22.8. The Morgan fingerprint density at radius 3 is 1.81 bits per heavy atom. The summed E-state index contributed by atoms with van der Waals surface area (Å²) in [7, 11) is 0. The van der Waals surface area contributed by atoms with Crippen LogP contribution in [-0.2, 0) is 0 Å². The number of nitrogens with zero attached hydrogens (tertiary/aromatic N) is 3. The Balaban J connectivity index is 1.23. The third-order valence-corrected chi connectivity index (χ3v) is 11.6. The van der Waals surface area contributed by atoms with Crippen LogP contribution in [0.1, 0.15) is 36.4 Å². The average molecular weight is 804 g/mol. The van der Waals surface area contributed by atoms with Crippen molar-refractivity contribution in [1.82, 2.24) is 14.5 Å². The fourth-order valence-electron chi connectivity index (χ4n) is 8.39. The van der Waals surface area contributed by atoms with Gasteiger partial charge in [0.05, 0.1) is 28.0 Å². The number of fused-ring (bicyclic) bond motifs is 1. The van der Waals surface area contributed by atoms with Gasteiger partial charge in [-0.2, -0.15) is 0 Å². The fraction of sp³-hybridized carbons (Fsp3) is 0.0690. The van der Waals surface area contributed by atoms with Crippen molar-refractivity contribution in [3.05, 3.63) is 218 Å². The Labute approximate surface area is 368 Å². The molecule has 0 saturated heterocycles. The number of aromatic hydroxyl groups is 1. The maximum absolute atomic E-state index is 11.6. The zero-order chi connectivity index (χ0) is 45.6. The van der Waals surface area contributed by atoms with E-state index in [1.54, 1.807) is 18.2 Å². The van der Waals surface area contributed by atoms with E-state index in [9.17, 15) is 5.11 Å². The molecule has 62 heavy (non-hydrogen) atoms. The quantitative estimate of drug-likeness (QED) is 0.158. The number of aromatic nitrogens is 3. The van der Waals surface area contributed by atoms with E-state index in [1.807, 2.05) is 147 Å². The van der Waals surface area contributed by atoms with E-state index in [2.05, 4.69) is 59.2 Å². The minimum atomic E-state index is -2.42. The number of aryl methyl sites for hydroxylation is 1. The van der Waals surface area contributed by atoms with Gasteiger partial charge in [0.15, 0.2) is 0 Å². The predicted molar refractivity (Wildman–Crippen MR) is 257 cm³/mol. The van der Waals surface area contributed by atoms with Crippen molar-refractivity contribution in [2.45, 2.75) is 26.6 Å². The van der Waals surface area contributed by atoms with Gasteiger partial charge >= 0.3 is 0 Å². The van der Waals surface area contributed by atoms with Crippen LogP contribution in [0.3, 0.4) is 0 Å². The summed E-state index contributed by atoms with van der Waals surface area (Å²) in [5, 5.41) is 11.6.